The second-order valence-electron chi connectivity index (χ2n) is 8.90. The van der Waals surface area contributed by atoms with Gasteiger partial charge < -0.3 is 10.2 Å². The van der Waals surface area contributed by atoms with Crippen LogP contribution in [-0.4, -0.2) is 22.1 Å². The largest absolute Gasteiger partial charge is 0.504 e. The van der Waals surface area contributed by atoms with Crippen LogP contribution >= 0.6 is 0 Å². The predicted molar refractivity (Wildman–Crippen MR) is 82.1 cm³/mol. The van der Waals surface area contributed by atoms with Gasteiger partial charge in [-0.25, -0.2) is 0 Å². The van der Waals surface area contributed by atoms with E-state index in [0.29, 0.717) is 29.6 Å². The summed E-state index contributed by atoms with van der Waals surface area (Å²) >= 11 is 0. The average Bonchev–Trinajstić information content (AvgIpc) is 3.16. The van der Waals surface area contributed by atoms with Crippen molar-refractivity contribution in [2.75, 3.05) is 0 Å². The molecule has 4 saturated carbocycles. The third kappa shape index (κ3) is 1.32. The van der Waals surface area contributed by atoms with Gasteiger partial charge in [0.05, 0.1) is 6.10 Å². The minimum absolute atomic E-state index is 0.0379. The van der Waals surface area contributed by atoms with Crippen LogP contribution in [0.4, 0.5) is 0 Å². The van der Waals surface area contributed by atoms with E-state index in [1.54, 1.807) is 0 Å². The molecule has 0 aromatic heterocycles. The Balaban J connectivity index is 1.54. The number of rotatable bonds is 0. The normalized spacial score (nSPS) is 56.1. The van der Waals surface area contributed by atoms with Crippen LogP contribution in [0.5, 0.6) is 0 Å². The van der Waals surface area contributed by atoms with E-state index < -0.39 is 0 Å². The summed E-state index contributed by atoms with van der Waals surface area (Å²) in [5, 5.41) is 20.8. The predicted octanol–water partition coefficient (Wildman–Crippen LogP) is 3.37. The Kier molecular flexibility index (Phi) is 2.46. The fraction of sp³-hybridized carbons (Fsp3) is 0.842. The first-order valence-corrected chi connectivity index (χ1v) is 9.12. The first-order valence-electron chi connectivity index (χ1n) is 9.12. The molecule has 3 unspecified atom stereocenters. The number of ketones is 1. The molecular formula is C19H26O3. The molecule has 3 heteroatoms. The molecule has 5 rings (SSSR count). The quantitative estimate of drug-likeness (QED) is 0.721. The molecule has 7 atom stereocenters. The molecule has 22 heavy (non-hydrogen) atoms. The number of hydrogen-bond donors (Lipinski definition) is 2. The Morgan fingerprint density at radius 2 is 2.00 bits per heavy atom. The standard InChI is InChI=1S/C19H26O3/c1-18-7-6-12-11-3-5-15(20)17(22)13(11)2-4-14(12)19(18)9-10(19)8-16(18)21/h10-12,14,16,21-22H,2-9H2,1H3/t10-,11?,12?,14?,16-,18+,19+/m0/s1. The molecule has 4 fully saturated rings. The molecule has 5 aliphatic rings. The van der Waals surface area contributed by atoms with Crippen molar-refractivity contribution in [3.8, 4) is 0 Å². The average molecular weight is 302 g/mol. The lowest BCUT2D eigenvalue weighted by molar-refractivity contribution is -0.120. The highest BCUT2D eigenvalue weighted by atomic mass is 16.3. The Morgan fingerprint density at radius 1 is 1.18 bits per heavy atom. The summed E-state index contributed by atoms with van der Waals surface area (Å²) in [6.45, 7) is 2.34. The van der Waals surface area contributed by atoms with Crippen molar-refractivity contribution < 1.29 is 15.0 Å². The molecular weight excluding hydrogens is 276 g/mol. The molecule has 0 aromatic rings. The van der Waals surface area contributed by atoms with Crippen molar-refractivity contribution in [3.05, 3.63) is 11.3 Å². The van der Waals surface area contributed by atoms with E-state index in [1.165, 1.54) is 12.8 Å². The first-order chi connectivity index (χ1) is 10.5. The highest BCUT2D eigenvalue weighted by Crippen LogP contribution is 2.81. The highest BCUT2D eigenvalue weighted by molar-refractivity contribution is 5.94. The van der Waals surface area contributed by atoms with Gasteiger partial charge in [-0.15, -0.1) is 0 Å². The summed E-state index contributed by atoms with van der Waals surface area (Å²) in [5.41, 5.74) is 1.60. The van der Waals surface area contributed by atoms with Crippen molar-refractivity contribution in [2.24, 2.45) is 34.5 Å². The lowest BCUT2D eigenvalue weighted by Crippen LogP contribution is -2.50. The molecule has 0 aromatic carbocycles. The molecule has 1 spiro atoms. The van der Waals surface area contributed by atoms with Crippen molar-refractivity contribution >= 4 is 5.78 Å². The fourth-order valence-corrected chi connectivity index (χ4v) is 7.48. The van der Waals surface area contributed by atoms with E-state index in [1.807, 2.05) is 0 Å². The number of allylic oxidation sites excluding steroid dienone is 1. The van der Waals surface area contributed by atoms with Crippen LogP contribution in [-0.2, 0) is 4.79 Å². The Labute approximate surface area is 131 Å². The van der Waals surface area contributed by atoms with Gasteiger partial charge >= 0.3 is 0 Å². The minimum Gasteiger partial charge on any atom is -0.504 e. The number of Topliss-reactive ketones (excluding diaryl/α,β-unsaturated/α-hetero) is 1. The zero-order chi connectivity index (χ0) is 15.3. The molecule has 0 amide bonds. The zero-order valence-electron chi connectivity index (χ0n) is 13.3. The molecule has 2 N–H and O–H groups in total. The number of carbonyl (C=O) groups excluding carboxylic acids is 1. The van der Waals surface area contributed by atoms with E-state index in [4.69, 9.17) is 0 Å². The van der Waals surface area contributed by atoms with E-state index in [-0.39, 0.29) is 23.1 Å². The number of carbonyl (C=O) groups is 1. The fourth-order valence-electron chi connectivity index (χ4n) is 7.48. The lowest BCUT2D eigenvalue weighted by atomic mass is 9.49. The maximum Gasteiger partial charge on any atom is 0.197 e. The third-order valence-corrected chi connectivity index (χ3v) is 8.57. The molecule has 0 aliphatic heterocycles. The molecule has 120 valence electrons. The maximum absolute atomic E-state index is 11.8. The SMILES string of the molecule is C[C@]12CCC3C4CCC(=O)C(O)=C4CCC3[C@]13C[C@@H]3C[C@@H]2O. The van der Waals surface area contributed by atoms with Gasteiger partial charge in [-0.1, -0.05) is 6.92 Å². The summed E-state index contributed by atoms with van der Waals surface area (Å²) in [7, 11) is 0. The summed E-state index contributed by atoms with van der Waals surface area (Å²) in [5.74, 6) is 2.60. The molecule has 3 nitrogen and oxygen atoms in total. The van der Waals surface area contributed by atoms with E-state index in [9.17, 15) is 15.0 Å². The number of aliphatic hydroxyl groups excluding tert-OH is 2. The van der Waals surface area contributed by atoms with E-state index >= 15 is 0 Å². The number of hydrogen-bond acceptors (Lipinski definition) is 3. The summed E-state index contributed by atoms with van der Waals surface area (Å²) in [6.07, 6.45) is 8.02. The van der Waals surface area contributed by atoms with Crippen LogP contribution in [0.15, 0.2) is 11.3 Å². The monoisotopic (exact) mass is 302 g/mol. The molecule has 5 aliphatic carbocycles. The zero-order valence-corrected chi connectivity index (χ0v) is 13.3. The van der Waals surface area contributed by atoms with Gasteiger partial charge in [-0.3, -0.25) is 4.79 Å². The van der Waals surface area contributed by atoms with Crippen molar-refractivity contribution in [1.29, 1.82) is 0 Å². The molecule has 0 bridgehead atoms. The summed E-state index contributed by atoms with van der Waals surface area (Å²) in [6, 6.07) is 0. The van der Waals surface area contributed by atoms with Gasteiger partial charge in [0.2, 0.25) is 0 Å². The Morgan fingerprint density at radius 3 is 2.82 bits per heavy atom. The van der Waals surface area contributed by atoms with Crippen LogP contribution in [0.2, 0.25) is 0 Å². The third-order valence-electron chi connectivity index (χ3n) is 8.57. The van der Waals surface area contributed by atoms with Gasteiger partial charge in [-0.2, -0.15) is 0 Å². The van der Waals surface area contributed by atoms with Crippen LogP contribution in [0.3, 0.4) is 0 Å². The minimum atomic E-state index is -0.106. The smallest absolute Gasteiger partial charge is 0.197 e. The molecule has 0 saturated heterocycles. The van der Waals surface area contributed by atoms with E-state index in [2.05, 4.69) is 6.92 Å². The van der Waals surface area contributed by atoms with Gasteiger partial charge in [0, 0.05) is 6.42 Å². The summed E-state index contributed by atoms with van der Waals surface area (Å²) < 4.78 is 0. The molecule has 0 radical (unpaired) electrons. The maximum atomic E-state index is 11.8. The topological polar surface area (TPSA) is 57.5 Å². The van der Waals surface area contributed by atoms with Crippen LogP contribution in [0.1, 0.15) is 58.3 Å². The second-order valence-corrected chi connectivity index (χ2v) is 8.90. The van der Waals surface area contributed by atoms with Crippen LogP contribution in [0.25, 0.3) is 0 Å². The number of aliphatic hydroxyl groups is 2. The Bertz CT molecular complexity index is 593. The summed E-state index contributed by atoms with van der Waals surface area (Å²) in [4.78, 5) is 11.8. The van der Waals surface area contributed by atoms with Gasteiger partial charge in [0.15, 0.2) is 11.5 Å². The van der Waals surface area contributed by atoms with Crippen molar-refractivity contribution in [2.45, 2.75) is 64.4 Å². The van der Waals surface area contributed by atoms with Gasteiger partial charge in [0.25, 0.3) is 0 Å². The van der Waals surface area contributed by atoms with Crippen LogP contribution in [0, 0.1) is 34.5 Å². The number of fused-ring (bicyclic) bond motifs is 3. The van der Waals surface area contributed by atoms with Crippen molar-refractivity contribution in [3.63, 3.8) is 0 Å². The second kappa shape index (κ2) is 3.98. The Hall–Kier alpha value is -0.830. The van der Waals surface area contributed by atoms with Gasteiger partial charge in [-0.05, 0) is 85.0 Å². The first kappa shape index (κ1) is 13.6. The van der Waals surface area contributed by atoms with Crippen LogP contribution < -0.4 is 0 Å². The lowest BCUT2D eigenvalue weighted by Gasteiger charge is -2.55. The van der Waals surface area contributed by atoms with Gasteiger partial charge in [0.1, 0.15) is 0 Å². The van der Waals surface area contributed by atoms with E-state index in [0.717, 1.165) is 43.6 Å². The highest BCUT2D eigenvalue weighted by Gasteiger charge is 2.77. The van der Waals surface area contributed by atoms with Crippen molar-refractivity contribution in [1.82, 2.24) is 0 Å². The molecule has 0 heterocycles.